The van der Waals surface area contributed by atoms with Gasteiger partial charge >= 0.3 is 6.09 Å². The summed E-state index contributed by atoms with van der Waals surface area (Å²) in [6.07, 6.45) is 5.53. The Bertz CT molecular complexity index is 693. The first-order valence-electron chi connectivity index (χ1n) is 8.84. The van der Waals surface area contributed by atoms with Crippen LogP contribution in [-0.2, 0) is 4.74 Å². The van der Waals surface area contributed by atoms with Gasteiger partial charge in [-0.15, -0.1) is 0 Å². The van der Waals surface area contributed by atoms with Crippen molar-refractivity contribution >= 4 is 11.7 Å². The molecule has 2 unspecified atom stereocenters. The van der Waals surface area contributed by atoms with E-state index in [-0.39, 0.29) is 29.7 Å². The normalized spacial score (nSPS) is 23.1. The Hall–Kier alpha value is -2.04. The third-order valence-electron chi connectivity index (χ3n) is 4.76. The number of carbonyl (C=O) groups excluding carboxylic acids is 1. The molecule has 0 saturated carbocycles. The summed E-state index contributed by atoms with van der Waals surface area (Å²) in [6, 6.07) is 5.18. The zero-order chi connectivity index (χ0) is 18.2. The highest BCUT2D eigenvalue weighted by Gasteiger charge is 2.39. The van der Waals surface area contributed by atoms with Gasteiger partial charge in [-0.05, 0) is 69.7 Å². The Morgan fingerprint density at radius 1 is 1.28 bits per heavy atom. The summed E-state index contributed by atoms with van der Waals surface area (Å²) in [6.45, 7) is 5.64. The molecule has 1 aromatic carbocycles. The Labute approximate surface area is 148 Å². The van der Waals surface area contributed by atoms with Gasteiger partial charge in [0.2, 0.25) is 0 Å². The maximum absolute atomic E-state index is 14.0. The molecule has 1 amide bonds. The first-order chi connectivity index (χ1) is 11.8. The minimum absolute atomic E-state index is 0.0162. The molecule has 2 atom stereocenters. The zero-order valence-corrected chi connectivity index (χ0v) is 15.3. The molecule has 0 aliphatic carbocycles. The van der Waals surface area contributed by atoms with E-state index in [9.17, 15) is 9.18 Å². The minimum atomic E-state index is -0.505. The molecule has 1 saturated heterocycles. The Balaban J connectivity index is 1.86. The third-order valence-corrected chi connectivity index (χ3v) is 4.76. The molecule has 136 valence electrons. The van der Waals surface area contributed by atoms with Crippen LogP contribution in [0.15, 0.2) is 24.3 Å². The van der Waals surface area contributed by atoms with Gasteiger partial charge in [0, 0.05) is 6.04 Å². The number of piperidine rings is 1. The zero-order valence-electron chi connectivity index (χ0n) is 15.3. The summed E-state index contributed by atoms with van der Waals surface area (Å²) in [4.78, 5) is 14.5. The number of amides is 1. The molecule has 1 fully saturated rings. The number of halogens is 1. The van der Waals surface area contributed by atoms with Crippen LogP contribution in [-0.4, -0.2) is 35.8 Å². The van der Waals surface area contributed by atoms with Crippen molar-refractivity contribution in [2.24, 2.45) is 0 Å². The number of fused-ring (bicyclic) bond motifs is 2. The summed E-state index contributed by atoms with van der Waals surface area (Å²) in [5, 5.41) is 0. The summed E-state index contributed by atoms with van der Waals surface area (Å²) < 4.78 is 24.6. The summed E-state index contributed by atoms with van der Waals surface area (Å²) in [5.74, 6) is -0.114. The molecule has 2 heterocycles. The number of rotatable bonds is 2. The molecule has 2 bridgehead atoms. The fourth-order valence-electron chi connectivity index (χ4n) is 3.71. The lowest BCUT2D eigenvalue weighted by Gasteiger charge is -2.45. The molecule has 4 nitrogen and oxygen atoms in total. The first kappa shape index (κ1) is 17.8. The number of hydrogen-bond acceptors (Lipinski definition) is 3. The predicted octanol–water partition coefficient (Wildman–Crippen LogP) is 4.78. The molecule has 1 aromatic rings. The largest absolute Gasteiger partial charge is 0.494 e. The standard InChI is InChI=1S/C20H26FNO3/c1-20(2,3)25-19(23)22-15-6-5-7-16(22)11-14(10-15)13-8-9-18(24-4)17(21)12-13/h8-10,12,15-16H,5-7,11H2,1-4H3. The number of methoxy groups -OCH3 is 1. The quantitative estimate of drug-likeness (QED) is 0.773. The second-order valence-corrected chi connectivity index (χ2v) is 7.79. The van der Waals surface area contributed by atoms with Crippen molar-refractivity contribution in [1.82, 2.24) is 4.90 Å². The Kier molecular flexibility index (Phi) is 4.76. The Morgan fingerprint density at radius 2 is 2.04 bits per heavy atom. The summed E-state index contributed by atoms with van der Waals surface area (Å²) in [7, 11) is 1.46. The van der Waals surface area contributed by atoms with Crippen LogP contribution >= 0.6 is 0 Å². The molecule has 2 aliphatic rings. The van der Waals surface area contributed by atoms with Crippen molar-refractivity contribution < 1.29 is 18.7 Å². The van der Waals surface area contributed by atoms with E-state index in [1.54, 1.807) is 6.07 Å². The average Bonchev–Trinajstić information content (AvgIpc) is 2.51. The van der Waals surface area contributed by atoms with Gasteiger partial charge in [0.25, 0.3) is 0 Å². The van der Waals surface area contributed by atoms with E-state index in [1.165, 1.54) is 13.2 Å². The molecule has 0 aromatic heterocycles. The highest BCUT2D eigenvalue weighted by molar-refractivity contribution is 5.75. The summed E-state index contributed by atoms with van der Waals surface area (Å²) in [5.41, 5.74) is 1.45. The lowest BCUT2D eigenvalue weighted by atomic mass is 9.83. The van der Waals surface area contributed by atoms with Crippen LogP contribution in [0.1, 0.15) is 52.0 Å². The van der Waals surface area contributed by atoms with Crippen LogP contribution in [0.5, 0.6) is 5.75 Å². The van der Waals surface area contributed by atoms with Gasteiger partial charge in [-0.3, -0.25) is 4.90 Å². The number of carbonyl (C=O) groups is 1. The lowest BCUT2D eigenvalue weighted by Crippen LogP contribution is -2.53. The van der Waals surface area contributed by atoms with E-state index in [0.717, 1.165) is 36.8 Å². The minimum Gasteiger partial charge on any atom is -0.494 e. The average molecular weight is 347 g/mol. The topological polar surface area (TPSA) is 38.8 Å². The van der Waals surface area contributed by atoms with Gasteiger partial charge in [0.05, 0.1) is 13.2 Å². The van der Waals surface area contributed by atoms with Crippen molar-refractivity contribution in [2.45, 2.75) is 64.1 Å². The molecule has 0 radical (unpaired) electrons. The van der Waals surface area contributed by atoms with Gasteiger partial charge in [0.1, 0.15) is 5.60 Å². The molecule has 0 spiro atoms. The predicted molar refractivity (Wildman–Crippen MR) is 95.0 cm³/mol. The Morgan fingerprint density at radius 3 is 2.64 bits per heavy atom. The van der Waals surface area contributed by atoms with E-state index in [2.05, 4.69) is 6.08 Å². The van der Waals surface area contributed by atoms with Gasteiger partial charge < -0.3 is 9.47 Å². The highest BCUT2D eigenvalue weighted by Crippen LogP contribution is 2.38. The molecular formula is C20H26FNO3. The SMILES string of the molecule is COc1ccc(C2=CC3CCCC(C2)N3C(=O)OC(C)(C)C)cc1F. The summed E-state index contributed by atoms with van der Waals surface area (Å²) >= 11 is 0. The van der Waals surface area contributed by atoms with Gasteiger partial charge in [-0.1, -0.05) is 12.1 Å². The number of nitrogens with zero attached hydrogens (tertiary/aromatic N) is 1. The molecule has 5 heteroatoms. The molecule has 3 rings (SSSR count). The van der Waals surface area contributed by atoms with Crippen LogP contribution in [0, 0.1) is 5.82 Å². The number of ether oxygens (including phenoxy) is 2. The van der Waals surface area contributed by atoms with Crippen LogP contribution in [0.4, 0.5) is 9.18 Å². The first-order valence-corrected chi connectivity index (χ1v) is 8.84. The van der Waals surface area contributed by atoms with Crippen molar-refractivity contribution in [3.8, 4) is 5.75 Å². The second-order valence-electron chi connectivity index (χ2n) is 7.79. The highest BCUT2D eigenvalue weighted by atomic mass is 19.1. The van der Waals surface area contributed by atoms with E-state index in [0.29, 0.717) is 0 Å². The molecule has 0 N–H and O–H groups in total. The second kappa shape index (κ2) is 6.70. The molecular weight excluding hydrogens is 321 g/mol. The van der Waals surface area contributed by atoms with Gasteiger partial charge in [-0.25, -0.2) is 9.18 Å². The van der Waals surface area contributed by atoms with Crippen LogP contribution in [0.2, 0.25) is 0 Å². The third kappa shape index (κ3) is 3.80. The van der Waals surface area contributed by atoms with Crippen molar-refractivity contribution in [3.05, 3.63) is 35.7 Å². The van der Waals surface area contributed by atoms with Crippen molar-refractivity contribution in [3.63, 3.8) is 0 Å². The van der Waals surface area contributed by atoms with Crippen LogP contribution < -0.4 is 4.74 Å². The van der Waals surface area contributed by atoms with Crippen LogP contribution in [0.25, 0.3) is 5.57 Å². The van der Waals surface area contributed by atoms with Crippen LogP contribution in [0.3, 0.4) is 0 Å². The fraction of sp³-hybridized carbons (Fsp3) is 0.550. The van der Waals surface area contributed by atoms with E-state index in [4.69, 9.17) is 9.47 Å². The van der Waals surface area contributed by atoms with Crippen molar-refractivity contribution in [1.29, 1.82) is 0 Å². The lowest BCUT2D eigenvalue weighted by molar-refractivity contribution is 0.0000827. The van der Waals surface area contributed by atoms with Gasteiger partial charge in [-0.2, -0.15) is 0 Å². The molecule has 2 aliphatic heterocycles. The maximum atomic E-state index is 14.0. The molecule has 25 heavy (non-hydrogen) atoms. The van der Waals surface area contributed by atoms with E-state index >= 15 is 0 Å². The van der Waals surface area contributed by atoms with E-state index in [1.807, 2.05) is 31.7 Å². The van der Waals surface area contributed by atoms with Crippen molar-refractivity contribution in [2.75, 3.05) is 7.11 Å². The number of benzene rings is 1. The fourth-order valence-corrected chi connectivity index (χ4v) is 3.71. The monoisotopic (exact) mass is 347 g/mol. The smallest absolute Gasteiger partial charge is 0.411 e. The maximum Gasteiger partial charge on any atom is 0.411 e. The number of hydrogen-bond donors (Lipinski definition) is 0. The van der Waals surface area contributed by atoms with Gasteiger partial charge in [0.15, 0.2) is 11.6 Å². The van der Waals surface area contributed by atoms with E-state index < -0.39 is 5.60 Å².